The third kappa shape index (κ3) is 3.33. The van der Waals surface area contributed by atoms with Gasteiger partial charge in [0, 0.05) is 25.2 Å². The molecule has 0 aliphatic heterocycles. The first-order valence-electron chi connectivity index (χ1n) is 7.20. The van der Waals surface area contributed by atoms with Crippen LogP contribution in [0.3, 0.4) is 0 Å². The fourth-order valence-electron chi connectivity index (χ4n) is 3.05. The molecule has 1 aromatic rings. The van der Waals surface area contributed by atoms with Crippen LogP contribution in [-0.4, -0.2) is 15.8 Å². The number of aromatic nitrogens is 2. The maximum atomic E-state index is 5.71. The molecule has 1 aliphatic rings. The number of nitrogens with two attached hydrogens (primary N) is 1. The molecule has 1 aromatic heterocycles. The number of aryl methyl sites for hydroxylation is 2. The molecule has 102 valence electrons. The smallest absolute Gasteiger partial charge is 0.0624 e. The van der Waals surface area contributed by atoms with Gasteiger partial charge in [0.15, 0.2) is 0 Å². The minimum Gasteiger partial charge on any atom is -0.272 e. The highest BCUT2D eigenvalue weighted by Gasteiger charge is 2.20. The van der Waals surface area contributed by atoms with Gasteiger partial charge in [0.05, 0.1) is 5.69 Å². The van der Waals surface area contributed by atoms with E-state index in [1.165, 1.54) is 43.5 Å². The Bertz CT molecular complexity index is 366. The molecule has 4 nitrogen and oxygen atoms in total. The van der Waals surface area contributed by atoms with Crippen molar-refractivity contribution in [2.45, 2.75) is 57.9 Å². The number of hydrazine groups is 1. The molecule has 0 radical (unpaired) electrons. The Morgan fingerprint density at radius 3 is 2.78 bits per heavy atom. The van der Waals surface area contributed by atoms with Crippen molar-refractivity contribution in [2.24, 2.45) is 18.8 Å². The summed E-state index contributed by atoms with van der Waals surface area (Å²) in [5.74, 6) is 6.57. The zero-order valence-electron chi connectivity index (χ0n) is 11.7. The number of hydrogen-bond donors (Lipinski definition) is 2. The van der Waals surface area contributed by atoms with Crippen molar-refractivity contribution >= 4 is 0 Å². The van der Waals surface area contributed by atoms with Gasteiger partial charge in [0.2, 0.25) is 0 Å². The van der Waals surface area contributed by atoms with Crippen LogP contribution in [-0.2, 0) is 19.9 Å². The maximum Gasteiger partial charge on any atom is 0.0624 e. The van der Waals surface area contributed by atoms with Crippen LogP contribution < -0.4 is 11.3 Å². The number of hydrogen-bond acceptors (Lipinski definition) is 3. The van der Waals surface area contributed by atoms with Crippen LogP contribution >= 0.6 is 0 Å². The highest BCUT2D eigenvalue weighted by Crippen LogP contribution is 2.29. The molecular formula is C14H26N4. The molecular weight excluding hydrogens is 224 g/mol. The van der Waals surface area contributed by atoms with Crippen LogP contribution in [0.2, 0.25) is 0 Å². The lowest BCUT2D eigenvalue weighted by Crippen LogP contribution is -2.38. The fraction of sp³-hybridized carbons (Fsp3) is 0.786. The zero-order chi connectivity index (χ0) is 13.0. The molecule has 1 atom stereocenters. The molecule has 1 fully saturated rings. The van der Waals surface area contributed by atoms with Crippen molar-refractivity contribution in [3.05, 3.63) is 17.5 Å². The Kier molecular flexibility index (Phi) is 4.78. The van der Waals surface area contributed by atoms with Crippen LogP contribution in [0.25, 0.3) is 0 Å². The van der Waals surface area contributed by atoms with E-state index in [0.717, 1.165) is 18.8 Å². The molecule has 0 spiro atoms. The highest BCUT2D eigenvalue weighted by molar-refractivity contribution is 5.11. The first kappa shape index (κ1) is 13.6. The van der Waals surface area contributed by atoms with E-state index >= 15 is 0 Å². The van der Waals surface area contributed by atoms with E-state index in [1.54, 1.807) is 0 Å². The van der Waals surface area contributed by atoms with Gasteiger partial charge in [-0.05, 0) is 24.8 Å². The van der Waals surface area contributed by atoms with Gasteiger partial charge in [0.25, 0.3) is 0 Å². The van der Waals surface area contributed by atoms with Crippen molar-refractivity contribution in [1.82, 2.24) is 15.2 Å². The van der Waals surface area contributed by atoms with E-state index in [1.807, 2.05) is 11.7 Å². The van der Waals surface area contributed by atoms with Crippen LogP contribution in [0.15, 0.2) is 6.07 Å². The maximum absolute atomic E-state index is 5.71. The first-order chi connectivity index (χ1) is 8.72. The second-order valence-electron chi connectivity index (χ2n) is 5.56. The summed E-state index contributed by atoms with van der Waals surface area (Å²) in [5, 5.41) is 4.50. The van der Waals surface area contributed by atoms with Crippen LogP contribution in [0, 0.1) is 5.92 Å². The number of rotatable bonds is 6. The van der Waals surface area contributed by atoms with Gasteiger partial charge in [-0.1, -0.05) is 32.6 Å². The second-order valence-corrected chi connectivity index (χ2v) is 5.56. The molecule has 0 aromatic carbocycles. The monoisotopic (exact) mass is 250 g/mol. The van der Waals surface area contributed by atoms with E-state index in [2.05, 4.69) is 23.5 Å². The quantitative estimate of drug-likeness (QED) is 0.599. The number of nitrogens with one attached hydrogen (secondary N) is 1. The third-order valence-corrected chi connectivity index (χ3v) is 4.17. The molecule has 1 heterocycles. The summed E-state index contributed by atoms with van der Waals surface area (Å²) in [5.41, 5.74) is 5.45. The molecule has 0 amide bonds. The van der Waals surface area contributed by atoms with Gasteiger partial charge in [-0.3, -0.25) is 16.0 Å². The molecule has 18 heavy (non-hydrogen) atoms. The largest absolute Gasteiger partial charge is 0.272 e. The zero-order valence-corrected chi connectivity index (χ0v) is 11.7. The van der Waals surface area contributed by atoms with Crippen LogP contribution in [0.4, 0.5) is 0 Å². The minimum atomic E-state index is 0.383. The van der Waals surface area contributed by atoms with Gasteiger partial charge < -0.3 is 0 Å². The third-order valence-electron chi connectivity index (χ3n) is 4.17. The minimum absolute atomic E-state index is 0.383. The summed E-state index contributed by atoms with van der Waals surface area (Å²) in [6.07, 6.45) is 8.73. The Balaban J connectivity index is 1.93. The predicted octanol–water partition coefficient (Wildman–Crippen LogP) is 1.94. The lowest BCUT2D eigenvalue weighted by molar-refractivity contribution is 0.384. The summed E-state index contributed by atoms with van der Waals surface area (Å²) in [4.78, 5) is 0. The molecule has 3 N–H and O–H groups in total. The first-order valence-corrected chi connectivity index (χ1v) is 7.20. The SMILES string of the molecule is CCc1cc(CC(CC2CCCC2)NN)n(C)n1. The van der Waals surface area contributed by atoms with E-state index in [0.29, 0.717) is 6.04 Å². The van der Waals surface area contributed by atoms with E-state index in [9.17, 15) is 0 Å². The van der Waals surface area contributed by atoms with Crippen molar-refractivity contribution < 1.29 is 0 Å². The van der Waals surface area contributed by atoms with Crippen molar-refractivity contribution in [2.75, 3.05) is 0 Å². The van der Waals surface area contributed by atoms with Gasteiger partial charge in [-0.25, -0.2) is 0 Å². The number of nitrogens with zero attached hydrogens (tertiary/aromatic N) is 2. The topological polar surface area (TPSA) is 55.9 Å². The summed E-state index contributed by atoms with van der Waals surface area (Å²) >= 11 is 0. The Morgan fingerprint density at radius 2 is 2.22 bits per heavy atom. The van der Waals surface area contributed by atoms with Crippen molar-refractivity contribution in [1.29, 1.82) is 0 Å². The van der Waals surface area contributed by atoms with E-state index in [-0.39, 0.29) is 0 Å². The van der Waals surface area contributed by atoms with Gasteiger partial charge in [-0.2, -0.15) is 5.10 Å². The van der Waals surface area contributed by atoms with Gasteiger partial charge in [0.1, 0.15) is 0 Å². The van der Waals surface area contributed by atoms with Gasteiger partial charge in [-0.15, -0.1) is 0 Å². The summed E-state index contributed by atoms with van der Waals surface area (Å²) < 4.78 is 2.00. The summed E-state index contributed by atoms with van der Waals surface area (Å²) in [7, 11) is 2.03. The Labute approximate surface area is 110 Å². The Hall–Kier alpha value is -0.870. The van der Waals surface area contributed by atoms with Crippen molar-refractivity contribution in [3.63, 3.8) is 0 Å². The molecule has 1 unspecified atom stereocenters. The van der Waals surface area contributed by atoms with Gasteiger partial charge >= 0.3 is 0 Å². The standard InChI is InChI=1S/C14H26N4/c1-3-12-9-14(18(2)17-12)10-13(16-15)8-11-6-4-5-7-11/h9,11,13,16H,3-8,10,15H2,1-2H3. The molecule has 1 aliphatic carbocycles. The normalized spacial score (nSPS) is 18.4. The van der Waals surface area contributed by atoms with E-state index in [4.69, 9.17) is 5.84 Å². The molecule has 0 bridgehead atoms. The molecule has 4 heteroatoms. The lowest BCUT2D eigenvalue weighted by atomic mass is 9.96. The average molecular weight is 250 g/mol. The molecule has 2 rings (SSSR count). The van der Waals surface area contributed by atoms with Crippen LogP contribution in [0.5, 0.6) is 0 Å². The van der Waals surface area contributed by atoms with Crippen molar-refractivity contribution in [3.8, 4) is 0 Å². The Morgan fingerprint density at radius 1 is 1.50 bits per heavy atom. The molecule has 0 saturated heterocycles. The summed E-state index contributed by atoms with van der Waals surface area (Å²) in [6, 6.07) is 2.59. The summed E-state index contributed by atoms with van der Waals surface area (Å²) in [6.45, 7) is 2.14. The fourth-order valence-corrected chi connectivity index (χ4v) is 3.05. The highest BCUT2D eigenvalue weighted by atomic mass is 15.3. The van der Waals surface area contributed by atoms with E-state index < -0.39 is 0 Å². The van der Waals surface area contributed by atoms with Crippen LogP contribution in [0.1, 0.15) is 50.4 Å². The lowest BCUT2D eigenvalue weighted by Gasteiger charge is -2.19. The second kappa shape index (κ2) is 6.34. The predicted molar refractivity (Wildman–Crippen MR) is 74.0 cm³/mol. The molecule has 1 saturated carbocycles. The average Bonchev–Trinajstić information content (AvgIpc) is 2.99.